The van der Waals surface area contributed by atoms with Crippen molar-refractivity contribution in [2.24, 2.45) is 0 Å². The topological polar surface area (TPSA) is 58.2 Å². The molecule has 0 aromatic heterocycles. The van der Waals surface area contributed by atoms with Gasteiger partial charge in [-0.25, -0.2) is 0 Å². The monoisotopic (exact) mass is 442 g/mol. The highest BCUT2D eigenvalue weighted by Gasteiger charge is 2.10. The third-order valence-electron chi connectivity index (χ3n) is 3.45. The van der Waals surface area contributed by atoms with Crippen molar-refractivity contribution in [3.63, 3.8) is 0 Å². The van der Waals surface area contributed by atoms with Crippen LogP contribution < -0.4 is 10.6 Å². The van der Waals surface area contributed by atoms with E-state index in [4.69, 9.17) is 0 Å². The van der Waals surface area contributed by atoms with Gasteiger partial charge in [-0.15, -0.1) is 0 Å². The molecular weight excluding hydrogens is 426 g/mol. The van der Waals surface area contributed by atoms with Gasteiger partial charge in [-0.3, -0.25) is 9.59 Å². The van der Waals surface area contributed by atoms with E-state index in [1.54, 1.807) is 0 Å². The predicted molar refractivity (Wildman–Crippen MR) is 103 cm³/mol. The Bertz CT molecular complexity index is 785. The summed E-state index contributed by atoms with van der Waals surface area (Å²) in [5, 5.41) is 5.43. The molecule has 4 nitrogen and oxygen atoms in total. The second-order valence-electron chi connectivity index (χ2n) is 5.42. The molecule has 8 heteroatoms. The molecule has 0 saturated heterocycles. The fraction of sp³-hybridized carbons (Fsp3) is 0.222. The van der Waals surface area contributed by atoms with Crippen molar-refractivity contribution in [2.75, 3.05) is 11.9 Å². The van der Waals surface area contributed by atoms with Crippen LogP contribution in [0.25, 0.3) is 0 Å². The van der Waals surface area contributed by atoms with E-state index in [-0.39, 0.29) is 24.8 Å². The molecule has 0 radical (unpaired) electrons. The molecule has 0 saturated carbocycles. The largest absolute Gasteiger partial charge is 0.352 e. The average Bonchev–Trinajstić information content (AvgIpc) is 2.58. The highest BCUT2D eigenvalue weighted by atomic mass is 79.9. The van der Waals surface area contributed by atoms with E-state index in [9.17, 15) is 18.4 Å². The molecule has 0 aliphatic heterocycles. The molecule has 2 aromatic carbocycles. The number of hydrogen-bond donors (Lipinski definition) is 2. The lowest BCUT2D eigenvalue weighted by Gasteiger charge is -2.10. The number of rotatable bonds is 7. The minimum Gasteiger partial charge on any atom is -0.352 e. The Labute approximate surface area is 162 Å². The molecule has 0 heterocycles. The first kappa shape index (κ1) is 20.4. The summed E-state index contributed by atoms with van der Waals surface area (Å²) < 4.78 is 25.4. The van der Waals surface area contributed by atoms with Gasteiger partial charge in [0.2, 0.25) is 5.91 Å². The van der Waals surface area contributed by atoms with E-state index in [0.29, 0.717) is 27.9 Å². The molecule has 138 valence electrons. The Morgan fingerprint density at radius 2 is 1.85 bits per heavy atom. The number of carbonyl (C=O) groups is 2. The lowest BCUT2D eigenvalue weighted by molar-refractivity contribution is -0.116. The third-order valence-corrected chi connectivity index (χ3v) is 4.67. The zero-order valence-corrected chi connectivity index (χ0v) is 16.3. The summed E-state index contributed by atoms with van der Waals surface area (Å²) in [6.07, 6.45) is 0.122. The number of carbonyl (C=O) groups excluding carboxylic acids is 2. The summed E-state index contributed by atoms with van der Waals surface area (Å²) in [7, 11) is 0. The predicted octanol–water partition coefficient (Wildman–Crippen LogP) is 4.83. The van der Waals surface area contributed by atoms with Gasteiger partial charge in [0.15, 0.2) is 0 Å². The molecule has 0 unspecified atom stereocenters. The van der Waals surface area contributed by atoms with Gasteiger partial charge in [0.25, 0.3) is 11.7 Å². The summed E-state index contributed by atoms with van der Waals surface area (Å²) in [4.78, 5) is 24.4. The Morgan fingerprint density at radius 3 is 2.50 bits per heavy atom. The van der Waals surface area contributed by atoms with Crippen LogP contribution in [0.15, 0.2) is 51.8 Å². The van der Waals surface area contributed by atoms with Crippen molar-refractivity contribution in [2.45, 2.75) is 24.0 Å². The molecule has 0 atom stereocenters. The number of aryl methyl sites for hydroxylation is 1. The maximum Gasteiger partial charge on any atom is 0.288 e. The number of anilines is 1. The molecule has 0 aliphatic rings. The van der Waals surface area contributed by atoms with Crippen molar-refractivity contribution >= 4 is 45.2 Å². The normalized spacial score (nSPS) is 10.7. The van der Waals surface area contributed by atoms with Gasteiger partial charge in [0, 0.05) is 33.6 Å². The van der Waals surface area contributed by atoms with Gasteiger partial charge in [-0.1, -0.05) is 33.8 Å². The van der Waals surface area contributed by atoms with E-state index in [2.05, 4.69) is 26.6 Å². The smallest absolute Gasteiger partial charge is 0.288 e. The average molecular weight is 443 g/mol. The molecule has 26 heavy (non-hydrogen) atoms. The number of benzene rings is 2. The molecule has 0 bridgehead atoms. The van der Waals surface area contributed by atoms with Gasteiger partial charge < -0.3 is 10.6 Å². The molecule has 2 N–H and O–H groups in total. The highest BCUT2D eigenvalue weighted by Crippen LogP contribution is 2.25. The van der Waals surface area contributed by atoms with Crippen molar-refractivity contribution in [3.05, 3.63) is 58.1 Å². The third kappa shape index (κ3) is 6.42. The number of thioether (sulfide) groups is 1. The lowest BCUT2D eigenvalue weighted by Crippen LogP contribution is -2.27. The number of halogens is 3. The van der Waals surface area contributed by atoms with Crippen LogP contribution in [0.5, 0.6) is 0 Å². The van der Waals surface area contributed by atoms with Crippen LogP contribution in [0.4, 0.5) is 14.5 Å². The van der Waals surface area contributed by atoms with Crippen LogP contribution in [0, 0.1) is 6.92 Å². The van der Waals surface area contributed by atoms with Crippen molar-refractivity contribution in [3.8, 4) is 0 Å². The van der Waals surface area contributed by atoms with Crippen molar-refractivity contribution < 1.29 is 18.4 Å². The summed E-state index contributed by atoms with van der Waals surface area (Å²) in [6, 6.07) is 11.5. The Balaban J connectivity index is 1.80. The molecule has 0 aliphatic carbocycles. The first-order valence-electron chi connectivity index (χ1n) is 7.74. The first-order valence-corrected chi connectivity index (χ1v) is 9.41. The van der Waals surface area contributed by atoms with Crippen LogP contribution >= 0.6 is 27.7 Å². The number of amides is 2. The van der Waals surface area contributed by atoms with E-state index in [1.807, 2.05) is 25.1 Å². The van der Waals surface area contributed by atoms with Crippen molar-refractivity contribution in [1.29, 1.82) is 0 Å². The van der Waals surface area contributed by atoms with Crippen LogP contribution in [-0.4, -0.2) is 24.1 Å². The molecule has 2 rings (SSSR count). The number of hydrogen-bond acceptors (Lipinski definition) is 3. The number of alkyl halides is 2. The van der Waals surface area contributed by atoms with Gasteiger partial charge in [-0.05, 0) is 48.9 Å². The van der Waals surface area contributed by atoms with Crippen LogP contribution in [0.1, 0.15) is 22.3 Å². The van der Waals surface area contributed by atoms with Crippen LogP contribution in [-0.2, 0) is 4.79 Å². The molecule has 2 aromatic rings. The van der Waals surface area contributed by atoms with E-state index < -0.39 is 5.76 Å². The quantitative estimate of drug-likeness (QED) is 0.603. The number of nitrogens with one attached hydrogen (secondary N) is 2. The minimum atomic E-state index is -2.50. The zero-order valence-electron chi connectivity index (χ0n) is 13.9. The molecular formula is C18H17BrF2N2O2S. The minimum absolute atomic E-state index is 0.122. The molecule has 0 spiro atoms. The SMILES string of the molecule is Cc1ccc(Br)cc1NC(=O)CCNC(=O)c1ccc(SC(F)F)cc1. The Kier molecular flexibility index (Phi) is 7.59. The maximum absolute atomic E-state index is 12.3. The van der Waals surface area contributed by atoms with Crippen LogP contribution in [0.2, 0.25) is 0 Å². The summed E-state index contributed by atoms with van der Waals surface area (Å²) in [5.41, 5.74) is 2.00. The summed E-state index contributed by atoms with van der Waals surface area (Å²) >= 11 is 3.77. The Hall–Kier alpha value is -1.93. The second kappa shape index (κ2) is 9.68. The standard InChI is InChI=1S/C18H17BrF2N2O2S/c1-11-2-5-13(19)10-15(11)23-16(24)8-9-22-17(25)12-3-6-14(7-4-12)26-18(20)21/h2-7,10,18H,8-9H2,1H3,(H,22,25)(H,23,24). The van der Waals surface area contributed by atoms with Crippen molar-refractivity contribution in [1.82, 2.24) is 5.32 Å². The highest BCUT2D eigenvalue weighted by molar-refractivity contribution is 9.10. The van der Waals surface area contributed by atoms with E-state index in [1.165, 1.54) is 24.3 Å². The fourth-order valence-corrected chi connectivity index (χ4v) is 2.98. The zero-order chi connectivity index (χ0) is 19.1. The van der Waals surface area contributed by atoms with Gasteiger partial charge in [0.1, 0.15) is 0 Å². The maximum atomic E-state index is 12.3. The summed E-state index contributed by atoms with van der Waals surface area (Å²) in [5.74, 6) is -3.07. The molecule has 2 amide bonds. The fourth-order valence-electron chi connectivity index (χ4n) is 2.12. The van der Waals surface area contributed by atoms with Crippen LogP contribution in [0.3, 0.4) is 0 Å². The lowest BCUT2D eigenvalue weighted by atomic mass is 10.2. The first-order chi connectivity index (χ1) is 12.3. The molecule has 0 fully saturated rings. The van der Waals surface area contributed by atoms with Gasteiger partial charge in [-0.2, -0.15) is 8.78 Å². The van der Waals surface area contributed by atoms with E-state index >= 15 is 0 Å². The van der Waals surface area contributed by atoms with Gasteiger partial charge >= 0.3 is 0 Å². The summed E-state index contributed by atoms with van der Waals surface area (Å²) in [6.45, 7) is 2.06. The second-order valence-corrected chi connectivity index (χ2v) is 7.40. The Morgan fingerprint density at radius 1 is 1.15 bits per heavy atom. The van der Waals surface area contributed by atoms with E-state index in [0.717, 1.165) is 10.0 Å². The van der Waals surface area contributed by atoms with Gasteiger partial charge in [0.05, 0.1) is 0 Å².